The quantitative estimate of drug-likeness (QED) is 0.629. The van der Waals surface area contributed by atoms with Gasteiger partial charge in [0.25, 0.3) is 5.91 Å². The number of alkyl halides is 2. The largest absolute Gasteiger partial charge is 0.415 e. The number of anilines is 1. The van der Waals surface area contributed by atoms with Crippen molar-refractivity contribution in [1.29, 1.82) is 0 Å². The fraction of sp³-hybridized carbons (Fsp3) is 0.235. The highest BCUT2D eigenvalue weighted by Gasteiger charge is 2.23. The van der Waals surface area contributed by atoms with Gasteiger partial charge in [0, 0.05) is 41.0 Å². The second-order valence-corrected chi connectivity index (χ2v) is 7.55. The molecule has 0 saturated carbocycles. The van der Waals surface area contributed by atoms with Gasteiger partial charge in [0.1, 0.15) is 0 Å². The minimum Gasteiger partial charge on any atom is -0.415 e. The number of hydrogen-bond donors (Lipinski definition) is 2. The van der Waals surface area contributed by atoms with E-state index in [1.165, 1.54) is 23.6 Å². The Kier molecular flexibility index (Phi) is 5.35. The van der Waals surface area contributed by atoms with Gasteiger partial charge < -0.3 is 10.1 Å². The molecule has 8 nitrogen and oxygen atoms in total. The molecule has 0 saturated heterocycles. The van der Waals surface area contributed by atoms with Crippen molar-refractivity contribution in [2.24, 2.45) is 0 Å². The third-order valence-electron chi connectivity index (χ3n) is 4.08. The van der Waals surface area contributed by atoms with Crippen LogP contribution in [0.3, 0.4) is 0 Å². The monoisotopic (exact) mass is 438 g/mol. The van der Waals surface area contributed by atoms with Crippen molar-refractivity contribution in [3.8, 4) is 17.0 Å². The number of aromatic nitrogens is 4. The number of aryl methyl sites for hydroxylation is 1. The Balaban J connectivity index is 1.72. The first kappa shape index (κ1) is 19.6. The molecule has 12 heteroatoms. The molecule has 0 unspecified atom stereocenters. The Labute approximate surface area is 172 Å². The molecule has 3 aromatic heterocycles. The minimum atomic E-state index is -3.12. The molecule has 0 aliphatic carbocycles. The number of carbonyl (C=O) groups is 1. The van der Waals surface area contributed by atoms with Crippen LogP contribution in [0.5, 0.6) is 5.88 Å². The molecule has 0 spiro atoms. The number of halogens is 3. The Hall–Kier alpha value is -2.76. The highest BCUT2D eigenvalue weighted by atomic mass is 35.5. The molecule has 0 aromatic carbocycles. The van der Waals surface area contributed by atoms with Crippen LogP contribution in [0, 0.1) is 6.92 Å². The first-order valence-corrected chi connectivity index (χ1v) is 9.56. The maximum Gasteiger partial charge on any atom is 0.388 e. The Morgan fingerprint density at radius 2 is 2.14 bits per heavy atom. The van der Waals surface area contributed by atoms with Crippen LogP contribution < -0.4 is 15.4 Å². The van der Waals surface area contributed by atoms with Crippen molar-refractivity contribution in [2.45, 2.75) is 26.6 Å². The van der Waals surface area contributed by atoms with E-state index in [0.717, 1.165) is 10.6 Å². The molecule has 29 heavy (non-hydrogen) atoms. The lowest BCUT2D eigenvalue weighted by Crippen LogP contribution is -2.15. The van der Waals surface area contributed by atoms with Gasteiger partial charge in [-0.25, -0.2) is 4.98 Å². The van der Waals surface area contributed by atoms with Crippen LogP contribution in [0.4, 0.5) is 13.9 Å². The molecule has 1 aliphatic rings. The summed E-state index contributed by atoms with van der Waals surface area (Å²) >= 11 is 7.27. The predicted molar refractivity (Wildman–Crippen MR) is 102 cm³/mol. The lowest BCUT2D eigenvalue weighted by Gasteiger charge is -2.13. The highest BCUT2D eigenvalue weighted by molar-refractivity contribution is 7.15. The lowest BCUT2D eigenvalue weighted by molar-refractivity contribution is -0.0529. The van der Waals surface area contributed by atoms with E-state index >= 15 is 0 Å². The molecule has 150 valence electrons. The Morgan fingerprint density at radius 3 is 2.90 bits per heavy atom. The van der Waals surface area contributed by atoms with E-state index in [4.69, 9.17) is 11.6 Å². The number of fused-ring (bicyclic) bond motifs is 1. The average Bonchev–Trinajstić information content (AvgIpc) is 3.24. The molecule has 3 aromatic rings. The Morgan fingerprint density at radius 1 is 1.31 bits per heavy atom. The number of amides is 1. The molecule has 0 bridgehead atoms. The van der Waals surface area contributed by atoms with Crippen LogP contribution >= 0.6 is 22.9 Å². The molecule has 0 radical (unpaired) electrons. The molecule has 4 heterocycles. The predicted octanol–water partition coefficient (Wildman–Crippen LogP) is 3.41. The van der Waals surface area contributed by atoms with Crippen LogP contribution in [0.2, 0.25) is 5.15 Å². The topological polar surface area (TPSA) is 102 Å². The second kappa shape index (κ2) is 7.93. The number of nitrogens with zero attached hydrogens (tertiary/aromatic N) is 4. The van der Waals surface area contributed by atoms with E-state index in [1.807, 2.05) is 0 Å². The highest BCUT2D eigenvalue weighted by Crippen LogP contribution is 2.34. The molecule has 0 atom stereocenters. The van der Waals surface area contributed by atoms with Crippen molar-refractivity contribution in [3.63, 3.8) is 0 Å². The number of nitrogens with one attached hydrogen (secondary N) is 2. The summed E-state index contributed by atoms with van der Waals surface area (Å²) in [7, 11) is 0. The minimum absolute atomic E-state index is 0.0358. The summed E-state index contributed by atoms with van der Waals surface area (Å²) in [4.78, 5) is 22.5. The summed E-state index contributed by atoms with van der Waals surface area (Å²) in [6.07, 6.45) is 1.35. The molecule has 2 N–H and O–H groups in total. The average molecular weight is 439 g/mol. The van der Waals surface area contributed by atoms with Crippen LogP contribution in [-0.4, -0.2) is 32.7 Å². The van der Waals surface area contributed by atoms with Crippen molar-refractivity contribution in [3.05, 3.63) is 45.3 Å². The number of hydrogen-bond acceptors (Lipinski definition) is 8. The number of ether oxygens (including phenoxy) is 1. The summed E-state index contributed by atoms with van der Waals surface area (Å²) < 4.78 is 30.0. The van der Waals surface area contributed by atoms with Gasteiger partial charge in [-0.05, 0) is 19.1 Å². The van der Waals surface area contributed by atoms with E-state index in [-0.39, 0.29) is 21.8 Å². The van der Waals surface area contributed by atoms with Crippen molar-refractivity contribution >= 4 is 34.0 Å². The van der Waals surface area contributed by atoms with E-state index in [0.29, 0.717) is 23.9 Å². The summed E-state index contributed by atoms with van der Waals surface area (Å²) in [5.74, 6) is -0.938. The number of thiazole rings is 1. The summed E-state index contributed by atoms with van der Waals surface area (Å²) in [5, 5.41) is 13.4. The van der Waals surface area contributed by atoms with E-state index in [2.05, 4.69) is 35.5 Å². The standard InChI is InChI=1S/C17H13ClF2N6O2S/c1-7-2-8(9-3-13(18)25-26-15(9)28-16(19)20)10(4-22-7)14(27)24-17-23-11-5-21-6-12(11)29-17/h2-4,16,21H,5-6H2,1H3,(H,23,24,27). The zero-order valence-electron chi connectivity index (χ0n) is 14.9. The summed E-state index contributed by atoms with van der Waals surface area (Å²) in [6, 6.07) is 2.87. The zero-order valence-corrected chi connectivity index (χ0v) is 16.4. The molecule has 4 rings (SSSR count). The van der Waals surface area contributed by atoms with Gasteiger partial charge in [-0.15, -0.1) is 21.5 Å². The second-order valence-electron chi connectivity index (χ2n) is 6.08. The van der Waals surface area contributed by atoms with Crippen LogP contribution in [-0.2, 0) is 13.1 Å². The van der Waals surface area contributed by atoms with Crippen LogP contribution in [0.15, 0.2) is 18.3 Å². The third kappa shape index (κ3) is 4.16. The fourth-order valence-corrected chi connectivity index (χ4v) is 3.95. The number of rotatable bonds is 5. The summed E-state index contributed by atoms with van der Waals surface area (Å²) in [5.41, 5.74) is 1.98. The van der Waals surface area contributed by atoms with Gasteiger partial charge in [-0.1, -0.05) is 11.6 Å². The van der Waals surface area contributed by atoms with Gasteiger partial charge in [-0.2, -0.15) is 8.78 Å². The van der Waals surface area contributed by atoms with E-state index in [1.54, 1.807) is 13.0 Å². The maximum atomic E-state index is 12.9. The van der Waals surface area contributed by atoms with E-state index in [9.17, 15) is 13.6 Å². The number of pyridine rings is 1. The first-order valence-electron chi connectivity index (χ1n) is 8.36. The SMILES string of the molecule is Cc1cc(-c2cc(Cl)nnc2OC(F)F)c(C(=O)Nc2nc3c(s2)CNC3)cn1. The molecule has 1 aliphatic heterocycles. The zero-order chi connectivity index (χ0) is 20.5. The normalized spacial score (nSPS) is 12.9. The summed E-state index contributed by atoms with van der Waals surface area (Å²) in [6.45, 7) is -0.0618. The van der Waals surface area contributed by atoms with Gasteiger partial charge in [-0.3, -0.25) is 15.1 Å². The van der Waals surface area contributed by atoms with Gasteiger partial charge >= 0.3 is 6.61 Å². The lowest BCUT2D eigenvalue weighted by atomic mass is 10.0. The maximum absolute atomic E-state index is 12.9. The van der Waals surface area contributed by atoms with Gasteiger partial charge in [0.05, 0.1) is 11.3 Å². The third-order valence-corrected chi connectivity index (χ3v) is 5.28. The molecular formula is C17H13ClF2N6O2S. The van der Waals surface area contributed by atoms with Gasteiger partial charge in [0.15, 0.2) is 10.3 Å². The van der Waals surface area contributed by atoms with Crippen molar-refractivity contribution < 1.29 is 18.3 Å². The first-order chi connectivity index (χ1) is 13.9. The van der Waals surface area contributed by atoms with Crippen LogP contribution in [0.1, 0.15) is 26.6 Å². The number of carbonyl (C=O) groups excluding carboxylic acids is 1. The van der Waals surface area contributed by atoms with Crippen molar-refractivity contribution in [1.82, 2.24) is 25.5 Å². The van der Waals surface area contributed by atoms with Gasteiger partial charge in [0.2, 0.25) is 5.88 Å². The fourth-order valence-electron chi connectivity index (χ4n) is 2.86. The smallest absolute Gasteiger partial charge is 0.388 e. The molecule has 1 amide bonds. The van der Waals surface area contributed by atoms with E-state index < -0.39 is 18.4 Å². The molecule has 0 fully saturated rings. The van der Waals surface area contributed by atoms with Crippen molar-refractivity contribution in [2.75, 3.05) is 5.32 Å². The molecular weight excluding hydrogens is 426 g/mol. The Bertz CT molecular complexity index is 1070. The van der Waals surface area contributed by atoms with Crippen LogP contribution in [0.25, 0.3) is 11.1 Å².